The van der Waals surface area contributed by atoms with Gasteiger partial charge >= 0.3 is 6.03 Å². The Kier molecular flexibility index (Phi) is 2.80. The Balaban J connectivity index is 2.38. The van der Waals surface area contributed by atoms with Crippen molar-refractivity contribution in [1.82, 2.24) is 10.2 Å². The van der Waals surface area contributed by atoms with Gasteiger partial charge in [0.1, 0.15) is 6.54 Å². The number of urea groups is 1. The molecule has 12 heavy (non-hydrogen) atoms. The van der Waals surface area contributed by atoms with E-state index in [1.165, 1.54) is 4.90 Å². The largest absolute Gasteiger partial charge is 0.324 e. The molecular formula is C6H10N2O3S. The van der Waals surface area contributed by atoms with Crippen molar-refractivity contribution in [2.24, 2.45) is 0 Å². The second kappa shape index (κ2) is 3.66. The van der Waals surface area contributed by atoms with Gasteiger partial charge in [-0.3, -0.25) is 14.3 Å². The molecule has 1 aliphatic rings. The van der Waals surface area contributed by atoms with Gasteiger partial charge in [0.15, 0.2) is 0 Å². The standard InChI is InChI=1S/C6H10N2O3S/c1-12(11)3-2-8-4-5(9)7-6(8)10/h2-4H2,1H3,(H,7,9,10). The zero-order chi connectivity index (χ0) is 9.14. The fourth-order valence-corrected chi connectivity index (χ4v) is 1.38. The Labute approximate surface area is 72.6 Å². The molecule has 1 N–H and O–H groups in total. The molecule has 5 nitrogen and oxygen atoms in total. The first-order chi connectivity index (χ1) is 5.59. The number of imide groups is 1. The first kappa shape index (κ1) is 9.18. The van der Waals surface area contributed by atoms with Crippen LogP contribution in [0.5, 0.6) is 0 Å². The summed E-state index contributed by atoms with van der Waals surface area (Å²) in [4.78, 5) is 22.9. The van der Waals surface area contributed by atoms with E-state index in [0.29, 0.717) is 12.3 Å². The molecule has 0 aliphatic carbocycles. The fourth-order valence-electron chi connectivity index (χ4n) is 0.902. The first-order valence-electron chi connectivity index (χ1n) is 3.48. The van der Waals surface area contributed by atoms with Gasteiger partial charge in [-0.1, -0.05) is 0 Å². The lowest BCUT2D eigenvalue weighted by molar-refractivity contribution is -0.118. The van der Waals surface area contributed by atoms with Crippen LogP contribution in [0.15, 0.2) is 0 Å². The summed E-state index contributed by atoms with van der Waals surface area (Å²) in [5.74, 6) is 0.127. The van der Waals surface area contributed by atoms with Crippen LogP contribution in [0, 0.1) is 0 Å². The summed E-state index contributed by atoms with van der Waals surface area (Å²) < 4.78 is 10.7. The molecule has 1 heterocycles. The van der Waals surface area contributed by atoms with E-state index >= 15 is 0 Å². The van der Waals surface area contributed by atoms with Crippen LogP contribution < -0.4 is 5.32 Å². The number of amides is 3. The number of hydrogen-bond acceptors (Lipinski definition) is 3. The summed E-state index contributed by atoms with van der Waals surface area (Å²) in [6.45, 7) is 0.469. The van der Waals surface area contributed by atoms with Gasteiger partial charge in [-0.15, -0.1) is 0 Å². The quantitative estimate of drug-likeness (QED) is 0.575. The molecule has 1 atom stereocenters. The third-order valence-electron chi connectivity index (χ3n) is 1.52. The molecule has 0 aromatic heterocycles. The third kappa shape index (κ3) is 2.30. The average molecular weight is 190 g/mol. The van der Waals surface area contributed by atoms with Gasteiger partial charge in [0.05, 0.1) is 0 Å². The number of hydrogen-bond donors (Lipinski definition) is 1. The predicted octanol–water partition coefficient (Wildman–Crippen LogP) is -1.08. The fraction of sp³-hybridized carbons (Fsp3) is 0.667. The lowest BCUT2D eigenvalue weighted by Gasteiger charge is -2.10. The number of carbonyl (C=O) groups excluding carboxylic acids is 2. The average Bonchev–Trinajstić information content (AvgIpc) is 2.26. The van der Waals surface area contributed by atoms with Crippen LogP contribution in [0.2, 0.25) is 0 Å². The van der Waals surface area contributed by atoms with E-state index in [1.807, 2.05) is 0 Å². The Bertz CT molecular complexity index is 241. The van der Waals surface area contributed by atoms with Gasteiger partial charge < -0.3 is 4.90 Å². The van der Waals surface area contributed by atoms with Gasteiger partial charge in [-0.2, -0.15) is 0 Å². The van der Waals surface area contributed by atoms with Crippen LogP contribution in [0.4, 0.5) is 4.79 Å². The van der Waals surface area contributed by atoms with E-state index in [4.69, 9.17) is 0 Å². The van der Waals surface area contributed by atoms with Crippen molar-refractivity contribution in [1.29, 1.82) is 0 Å². The summed E-state index contributed by atoms with van der Waals surface area (Å²) >= 11 is 0. The van der Waals surface area contributed by atoms with Crippen molar-refractivity contribution < 1.29 is 13.8 Å². The first-order valence-corrected chi connectivity index (χ1v) is 5.21. The number of nitrogens with one attached hydrogen (secondary N) is 1. The molecule has 1 aliphatic heterocycles. The maximum absolute atomic E-state index is 10.9. The van der Waals surface area contributed by atoms with E-state index in [1.54, 1.807) is 6.26 Å². The monoisotopic (exact) mass is 190 g/mol. The zero-order valence-electron chi connectivity index (χ0n) is 6.70. The Hall–Kier alpha value is -0.910. The number of carbonyl (C=O) groups is 2. The second-order valence-corrected chi connectivity index (χ2v) is 4.11. The van der Waals surface area contributed by atoms with Gasteiger partial charge in [0.25, 0.3) is 0 Å². The van der Waals surface area contributed by atoms with Crippen molar-refractivity contribution in [3.05, 3.63) is 0 Å². The van der Waals surface area contributed by atoms with Gasteiger partial charge in [0.2, 0.25) is 5.91 Å². The van der Waals surface area contributed by atoms with Crippen molar-refractivity contribution in [2.45, 2.75) is 0 Å². The Morgan fingerprint density at radius 3 is 2.67 bits per heavy atom. The molecule has 3 amide bonds. The van der Waals surface area contributed by atoms with Crippen LogP contribution in [0.3, 0.4) is 0 Å². The molecule has 68 valence electrons. The highest BCUT2D eigenvalue weighted by Crippen LogP contribution is 1.97. The Morgan fingerprint density at radius 2 is 2.25 bits per heavy atom. The van der Waals surface area contributed by atoms with Crippen LogP contribution in [-0.4, -0.2) is 46.1 Å². The van der Waals surface area contributed by atoms with Crippen molar-refractivity contribution in [3.8, 4) is 0 Å². The molecule has 0 aromatic rings. The van der Waals surface area contributed by atoms with Gasteiger partial charge in [0, 0.05) is 29.4 Å². The molecule has 0 radical (unpaired) electrons. The van der Waals surface area contributed by atoms with Gasteiger partial charge in [-0.25, -0.2) is 4.79 Å². The lowest BCUT2D eigenvalue weighted by atomic mass is 10.5. The summed E-state index contributed by atoms with van der Waals surface area (Å²) in [6.07, 6.45) is 1.57. The van der Waals surface area contributed by atoms with Gasteiger partial charge in [-0.05, 0) is 0 Å². The molecule has 0 bridgehead atoms. The molecule has 1 rings (SSSR count). The summed E-state index contributed by atoms with van der Waals surface area (Å²) in [5.41, 5.74) is 0. The van der Waals surface area contributed by atoms with Crippen molar-refractivity contribution >= 4 is 22.7 Å². The van der Waals surface area contributed by atoms with Crippen molar-refractivity contribution in [2.75, 3.05) is 25.1 Å². The van der Waals surface area contributed by atoms with Crippen LogP contribution in [0.25, 0.3) is 0 Å². The Morgan fingerprint density at radius 1 is 1.58 bits per heavy atom. The predicted molar refractivity (Wildman–Crippen MR) is 44.0 cm³/mol. The number of nitrogens with zero attached hydrogens (tertiary/aromatic N) is 1. The van der Waals surface area contributed by atoms with Crippen LogP contribution >= 0.6 is 0 Å². The van der Waals surface area contributed by atoms with E-state index in [0.717, 1.165) is 0 Å². The number of rotatable bonds is 3. The van der Waals surface area contributed by atoms with E-state index in [-0.39, 0.29) is 18.5 Å². The highest BCUT2D eigenvalue weighted by atomic mass is 32.2. The maximum Gasteiger partial charge on any atom is 0.324 e. The highest BCUT2D eigenvalue weighted by Gasteiger charge is 2.25. The second-order valence-electron chi connectivity index (χ2n) is 2.55. The molecule has 6 heteroatoms. The SMILES string of the molecule is CS(=O)CCN1CC(=O)NC1=O. The lowest BCUT2D eigenvalue weighted by Crippen LogP contribution is -2.31. The minimum atomic E-state index is -0.921. The molecule has 1 fully saturated rings. The summed E-state index contributed by atoms with van der Waals surface area (Å²) in [6, 6.07) is -0.384. The zero-order valence-corrected chi connectivity index (χ0v) is 7.52. The van der Waals surface area contributed by atoms with E-state index in [2.05, 4.69) is 5.32 Å². The maximum atomic E-state index is 10.9. The van der Waals surface area contributed by atoms with Crippen LogP contribution in [-0.2, 0) is 15.6 Å². The van der Waals surface area contributed by atoms with E-state index < -0.39 is 10.8 Å². The van der Waals surface area contributed by atoms with Crippen LogP contribution in [0.1, 0.15) is 0 Å². The van der Waals surface area contributed by atoms with E-state index in [9.17, 15) is 13.8 Å². The summed E-state index contributed by atoms with van der Waals surface area (Å²) in [7, 11) is -0.921. The molecule has 0 aromatic carbocycles. The minimum absolute atomic E-state index is 0.0933. The molecule has 1 saturated heterocycles. The third-order valence-corrected chi connectivity index (χ3v) is 2.27. The van der Waals surface area contributed by atoms with Crippen molar-refractivity contribution in [3.63, 3.8) is 0 Å². The molecule has 0 saturated carbocycles. The summed E-state index contributed by atoms with van der Waals surface area (Å²) in [5, 5.41) is 2.14. The molecule has 0 spiro atoms. The molecular weight excluding hydrogens is 180 g/mol. The molecule has 1 unspecified atom stereocenters. The topological polar surface area (TPSA) is 66.5 Å². The highest BCUT2D eigenvalue weighted by molar-refractivity contribution is 7.84. The normalized spacial score (nSPS) is 19.6. The smallest absolute Gasteiger partial charge is 0.314 e. The minimum Gasteiger partial charge on any atom is -0.314 e.